The zero-order valence-corrected chi connectivity index (χ0v) is 27.5. The number of halogens is 2. The molecule has 2 aliphatic rings. The van der Waals surface area contributed by atoms with Gasteiger partial charge in [0.15, 0.2) is 0 Å². The van der Waals surface area contributed by atoms with Gasteiger partial charge in [0.05, 0.1) is 18.1 Å². The van der Waals surface area contributed by atoms with E-state index < -0.39 is 42.5 Å². The molecule has 1 saturated carbocycles. The molecule has 0 spiro atoms. The van der Waals surface area contributed by atoms with Gasteiger partial charge in [-0.05, 0) is 76.1 Å². The first kappa shape index (κ1) is 34.0. The first-order valence-corrected chi connectivity index (χ1v) is 18.0. The minimum atomic E-state index is -4.23. The third-order valence-electron chi connectivity index (χ3n) is 8.28. The van der Waals surface area contributed by atoms with E-state index in [1.54, 1.807) is 27.7 Å². The number of sulfonamides is 2. The molecule has 9 nitrogen and oxygen atoms in total. The number of alkyl halides is 2. The maximum atomic E-state index is 14.3. The molecule has 0 unspecified atom stereocenters. The molecule has 1 aliphatic carbocycles. The van der Waals surface area contributed by atoms with Gasteiger partial charge in [0.2, 0.25) is 20.0 Å². The quantitative estimate of drug-likeness (QED) is 0.360. The predicted octanol–water partition coefficient (Wildman–Crippen LogP) is 4.91. The highest BCUT2D eigenvalue weighted by molar-refractivity contribution is 7.89. The number of aromatic nitrogens is 1. The third-order valence-corrected chi connectivity index (χ3v) is 11.7. The molecule has 13 heteroatoms. The lowest BCUT2D eigenvalue weighted by atomic mass is 9.83. The molecule has 2 N–H and O–H groups in total. The number of benzene rings is 1. The zero-order valence-electron chi connectivity index (χ0n) is 25.8. The maximum absolute atomic E-state index is 14.3. The highest BCUT2D eigenvalue weighted by Gasteiger charge is 2.30. The number of nitrogens with zero attached hydrogens (tertiary/aromatic N) is 2. The summed E-state index contributed by atoms with van der Waals surface area (Å²) < 4.78 is 94.3. The largest absolute Gasteiger partial charge is 0.379 e. The van der Waals surface area contributed by atoms with E-state index in [2.05, 4.69) is 21.3 Å². The molecule has 43 heavy (non-hydrogen) atoms. The van der Waals surface area contributed by atoms with Gasteiger partial charge in [0.1, 0.15) is 4.90 Å². The summed E-state index contributed by atoms with van der Waals surface area (Å²) in [7, 11) is -8.14. The molecule has 2 fully saturated rings. The Morgan fingerprint density at radius 1 is 0.977 bits per heavy atom. The van der Waals surface area contributed by atoms with Crippen LogP contribution < -0.4 is 9.44 Å². The van der Waals surface area contributed by atoms with Crippen LogP contribution in [-0.2, 0) is 31.3 Å². The van der Waals surface area contributed by atoms with Gasteiger partial charge in [0, 0.05) is 55.2 Å². The lowest BCUT2D eigenvalue weighted by Crippen LogP contribution is -2.41. The fourth-order valence-electron chi connectivity index (χ4n) is 5.96. The molecule has 0 atom stereocenters. The Balaban J connectivity index is 1.72. The van der Waals surface area contributed by atoms with Crippen molar-refractivity contribution in [3.05, 3.63) is 35.5 Å². The Bertz CT molecular complexity index is 1470. The van der Waals surface area contributed by atoms with Crippen LogP contribution in [-0.4, -0.2) is 71.2 Å². The van der Waals surface area contributed by atoms with Crippen LogP contribution >= 0.6 is 0 Å². The van der Waals surface area contributed by atoms with Crippen molar-refractivity contribution < 1.29 is 30.4 Å². The number of rotatable bonds is 11. The SMILES string of the molecule is Cc1c(S(=O)(=O)NCCN2CCOCC2)cc(-c2ccc(S(=O)(=O)NC(C)(C)C)c(C(F)F)c2)n1CC1CCC(C)CC1. The van der Waals surface area contributed by atoms with E-state index >= 15 is 0 Å². The second-order valence-electron chi connectivity index (χ2n) is 13.0. The molecule has 2 aromatic rings. The summed E-state index contributed by atoms with van der Waals surface area (Å²) in [5, 5.41) is 0. The number of ether oxygens (including phenoxy) is 1. The summed E-state index contributed by atoms with van der Waals surface area (Å²) in [5.74, 6) is 0.953. The summed E-state index contributed by atoms with van der Waals surface area (Å²) in [6.45, 7) is 12.9. The fraction of sp³-hybridized carbons (Fsp3) is 0.667. The number of morpholine rings is 1. The van der Waals surface area contributed by atoms with E-state index in [9.17, 15) is 25.6 Å². The molecule has 1 saturated heterocycles. The van der Waals surface area contributed by atoms with Crippen molar-refractivity contribution in [3.8, 4) is 11.3 Å². The van der Waals surface area contributed by atoms with Gasteiger partial charge >= 0.3 is 0 Å². The Morgan fingerprint density at radius 3 is 2.23 bits per heavy atom. The van der Waals surface area contributed by atoms with Crippen LogP contribution in [0, 0.1) is 18.8 Å². The molecule has 4 rings (SSSR count). The molecule has 1 aromatic carbocycles. The van der Waals surface area contributed by atoms with Crippen molar-refractivity contribution in [2.45, 2.75) is 88.6 Å². The van der Waals surface area contributed by atoms with Gasteiger partial charge in [-0.15, -0.1) is 0 Å². The second kappa shape index (κ2) is 13.6. The number of nitrogens with one attached hydrogen (secondary N) is 2. The smallest absolute Gasteiger partial charge is 0.265 e. The molecule has 1 aromatic heterocycles. The van der Waals surface area contributed by atoms with Gasteiger partial charge in [-0.3, -0.25) is 4.90 Å². The van der Waals surface area contributed by atoms with Gasteiger partial charge in [-0.1, -0.05) is 25.8 Å². The van der Waals surface area contributed by atoms with Crippen molar-refractivity contribution in [2.75, 3.05) is 39.4 Å². The molecule has 242 valence electrons. The van der Waals surface area contributed by atoms with Gasteiger partial charge in [-0.2, -0.15) is 0 Å². The van der Waals surface area contributed by atoms with Crippen LogP contribution in [0.2, 0.25) is 0 Å². The Hall–Kier alpha value is -1.90. The Morgan fingerprint density at radius 2 is 1.63 bits per heavy atom. The van der Waals surface area contributed by atoms with E-state index in [1.807, 2.05) is 4.57 Å². The highest BCUT2D eigenvalue weighted by atomic mass is 32.2. The Labute approximate surface area is 255 Å². The molecule has 1 aliphatic heterocycles. The van der Waals surface area contributed by atoms with Crippen LogP contribution in [0.4, 0.5) is 8.78 Å². The highest BCUT2D eigenvalue weighted by Crippen LogP contribution is 2.37. The third kappa shape index (κ3) is 8.64. The van der Waals surface area contributed by atoms with Crippen LogP contribution in [0.3, 0.4) is 0 Å². The Kier molecular flexibility index (Phi) is 10.8. The summed E-state index contributed by atoms with van der Waals surface area (Å²) in [6.07, 6.45) is 1.10. The van der Waals surface area contributed by atoms with Gasteiger partial charge in [0.25, 0.3) is 6.43 Å². The lowest BCUT2D eigenvalue weighted by molar-refractivity contribution is 0.0390. The lowest BCUT2D eigenvalue weighted by Gasteiger charge is -2.28. The molecular formula is C30H46F2N4O5S2. The average molecular weight is 645 g/mol. The van der Waals surface area contributed by atoms with Gasteiger partial charge in [-0.25, -0.2) is 35.1 Å². The fourth-order valence-corrected chi connectivity index (χ4v) is 8.86. The van der Waals surface area contributed by atoms with Crippen LogP contribution in [0.1, 0.15) is 71.1 Å². The van der Waals surface area contributed by atoms with Crippen LogP contribution in [0.25, 0.3) is 11.3 Å². The van der Waals surface area contributed by atoms with Gasteiger partial charge < -0.3 is 9.30 Å². The molecule has 0 amide bonds. The number of hydrogen-bond acceptors (Lipinski definition) is 6. The second-order valence-corrected chi connectivity index (χ2v) is 16.4. The molecule has 0 radical (unpaired) electrons. The molecule has 0 bridgehead atoms. The van der Waals surface area contributed by atoms with Crippen molar-refractivity contribution in [3.63, 3.8) is 0 Å². The minimum absolute atomic E-state index is 0.0957. The van der Waals surface area contributed by atoms with Crippen molar-refractivity contribution >= 4 is 20.0 Å². The average Bonchev–Trinajstić information content (AvgIpc) is 3.25. The van der Waals surface area contributed by atoms with Crippen LogP contribution in [0.5, 0.6) is 0 Å². The normalized spacial score (nSPS) is 21.0. The van der Waals surface area contributed by atoms with E-state index in [0.29, 0.717) is 55.1 Å². The topological polar surface area (TPSA) is 110 Å². The molecular weight excluding hydrogens is 598 g/mol. The predicted molar refractivity (Wildman–Crippen MR) is 163 cm³/mol. The van der Waals surface area contributed by atoms with E-state index in [1.165, 1.54) is 24.3 Å². The first-order valence-electron chi connectivity index (χ1n) is 15.0. The monoisotopic (exact) mass is 644 g/mol. The zero-order chi connectivity index (χ0) is 31.6. The molecule has 2 heterocycles. The standard InChI is InChI=1S/C30H46F2N4O5S2/c1-21-6-8-23(9-7-21)20-36-22(2)28(42(37,38)33-12-13-35-14-16-41-17-15-35)19-26(36)24-10-11-27(25(18-24)29(31)32)43(39,40)34-30(3,4)5/h10-11,18-19,21,23,29,33-34H,6-9,12-17,20H2,1-5H3. The van der Waals surface area contributed by atoms with Crippen molar-refractivity contribution in [2.24, 2.45) is 11.8 Å². The van der Waals surface area contributed by atoms with E-state index in [0.717, 1.165) is 38.8 Å². The maximum Gasteiger partial charge on any atom is 0.265 e. The summed E-state index contributed by atoms with van der Waals surface area (Å²) in [6, 6.07) is 5.39. The summed E-state index contributed by atoms with van der Waals surface area (Å²) in [5.41, 5.74) is -0.152. The van der Waals surface area contributed by atoms with E-state index in [4.69, 9.17) is 4.74 Å². The summed E-state index contributed by atoms with van der Waals surface area (Å²) in [4.78, 5) is 1.74. The minimum Gasteiger partial charge on any atom is -0.379 e. The summed E-state index contributed by atoms with van der Waals surface area (Å²) >= 11 is 0. The van der Waals surface area contributed by atoms with Crippen molar-refractivity contribution in [1.29, 1.82) is 0 Å². The van der Waals surface area contributed by atoms with Crippen LogP contribution in [0.15, 0.2) is 34.1 Å². The van der Waals surface area contributed by atoms with E-state index in [-0.39, 0.29) is 11.4 Å². The first-order chi connectivity index (χ1) is 20.1. The van der Waals surface area contributed by atoms with Crippen molar-refractivity contribution in [1.82, 2.24) is 18.9 Å². The number of hydrogen-bond donors (Lipinski definition) is 2.